The van der Waals surface area contributed by atoms with E-state index in [1.54, 1.807) is 24.3 Å². The Morgan fingerprint density at radius 1 is 1.50 bits per heavy atom. The summed E-state index contributed by atoms with van der Waals surface area (Å²) in [6.07, 6.45) is 3.13. The molecule has 1 aliphatic carbocycles. The zero-order valence-electron chi connectivity index (χ0n) is 14.6. The van der Waals surface area contributed by atoms with Crippen LogP contribution in [0.3, 0.4) is 0 Å². The number of hydrogen-bond donors (Lipinski definition) is 0. The third kappa shape index (κ3) is 2.71. The summed E-state index contributed by atoms with van der Waals surface area (Å²) in [4.78, 5) is 19.0. The van der Waals surface area contributed by atoms with Crippen LogP contribution in [0.1, 0.15) is 36.5 Å². The normalized spacial score (nSPS) is 24.3. The molecule has 1 aliphatic heterocycles. The third-order valence-electron chi connectivity index (χ3n) is 5.54. The molecule has 2 heterocycles. The summed E-state index contributed by atoms with van der Waals surface area (Å²) in [7, 11) is 0. The van der Waals surface area contributed by atoms with Gasteiger partial charge in [0.2, 0.25) is 5.89 Å². The van der Waals surface area contributed by atoms with Gasteiger partial charge in [-0.25, -0.2) is 0 Å². The molecule has 0 unspecified atom stereocenters. The number of hydrogen-bond acceptors (Lipinski definition) is 6. The molecule has 0 bridgehead atoms. The molecule has 0 radical (unpaired) electrons. The van der Waals surface area contributed by atoms with Crippen molar-refractivity contribution in [1.82, 2.24) is 15.0 Å². The zero-order chi connectivity index (χ0) is 18.1. The van der Waals surface area contributed by atoms with Gasteiger partial charge in [-0.05, 0) is 37.8 Å². The predicted octanol–water partition coefficient (Wildman–Crippen LogP) is 2.21. The Bertz CT molecular complexity index is 872. The van der Waals surface area contributed by atoms with Crippen LogP contribution in [0.2, 0.25) is 0 Å². The fourth-order valence-corrected chi connectivity index (χ4v) is 4.24. The molecule has 26 heavy (non-hydrogen) atoms. The van der Waals surface area contributed by atoms with Crippen molar-refractivity contribution in [3.63, 3.8) is 0 Å². The van der Waals surface area contributed by atoms with Crippen LogP contribution in [0.25, 0.3) is 0 Å². The summed E-state index contributed by atoms with van der Waals surface area (Å²) in [6, 6.07) is 9.00. The van der Waals surface area contributed by atoms with Crippen molar-refractivity contribution in [2.45, 2.75) is 31.6 Å². The lowest BCUT2D eigenvalue weighted by Gasteiger charge is -2.24. The molecule has 7 heteroatoms. The number of aromatic nitrogens is 2. The number of nitriles is 1. The molecule has 0 spiro atoms. The van der Waals surface area contributed by atoms with E-state index in [2.05, 4.69) is 16.2 Å². The molecular formula is C19H20N4O3. The van der Waals surface area contributed by atoms with Gasteiger partial charge in [-0.1, -0.05) is 23.7 Å². The van der Waals surface area contributed by atoms with Gasteiger partial charge < -0.3 is 14.2 Å². The number of nitrogens with zero attached hydrogens (tertiary/aromatic N) is 4. The molecule has 1 saturated heterocycles. The number of aryl methyl sites for hydroxylation is 1. The molecule has 4 rings (SSSR count). The highest BCUT2D eigenvalue weighted by molar-refractivity contribution is 5.78. The maximum absolute atomic E-state index is 12.7. The van der Waals surface area contributed by atoms with E-state index in [9.17, 15) is 4.79 Å². The Hall–Kier alpha value is -2.88. The molecule has 2 fully saturated rings. The van der Waals surface area contributed by atoms with E-state index in [4.69, 9.17) is 14.5 Å². The summed E-state index contributed by atoms with van der Waals surface area (Å²) >= 11 is 0. The number of para-hydroxylation sites is 1. The minimum Gasteiger partial charge on any atom is -0.482 e. The largest absolute Gasteiger partial charge is 0.482 e. The van der Waals surface area contributed by atoms with E-state index in [-0.39, 0.29) is 17.9 Å². The second-order valence-electron chi connectivity index (χ2n) is 7.06. The second kappa shape index (κ2) is 6.45. The van der Waals surface area contributed by atoms with Crippen molar-refractivity contribution in [2.24, 2.45) is 5.92 Å². The topological polar surface area (TPSA) is 92.3 Å². The molecule has 1 amide bonds. The first-order chi connectivity index (χ1) is 12.6. The lowest BCUT2D eigenvalue weighted by atomic mass is 9.80. The first-order valence-electron chi connectivity index (χ1n) is 8.83. The standard InChI is InChI=1S/C19H20N4O3/c1-13-21-18(26-22-13)19-8-4-6-15(19)10-23(12-19)17(24)11-25-16-7-3-2-5-14(16)9-20/h2-3,5,7,15H,4,6,8,10-12H2,1H3/t15-,19-/m0/s1. The fraction of sp³-hybridized carbons (Fsp3) is 0.474. The molecule has 1 aromatic heterocycles. The highest BCUT2D eigenvalue weighted by Gasteiger charge is 2.55. The van der Waals surface area contributed by atoms with Crippen LogP contribution in [0.15, 0.2) is 28.8 Å². The Balaban J connectivity index is 1.46. The van der Waals surface area contributed by atoms with Gasteiger partial charge in [-0.3, -0.25) is 4.79 Å². The number of benzene rings is 1. The number of likely N-dealkylation sites (tertiary alicyclic amines) is 1. The first kappa shape index (κ1) is 16.6. The van der Waals surface area contributed by atoms with Crippen LogP contribution in [-0.2, 0) is 10.2 Å². The van der Waals surface area contributed by atoms with Crippen molar-refractivity contribution in [1.29, 1.82) is 5.26 Å². The monoisotopic (exact) mass is 352 g/mol. The van der Waals surface area contributed by atoms with E-state index < -0.39 is 0 Å². The number of fused-ring (bicyclic) bond motifs is 1. The van der Waals surface area contributed by atoms with Crippen LogP contribution in [0, 0.1) is 24.2 Å². The Morgan fingerprint density at radius 2 is 2.35 bits per heavy atom. The summed E-state index contributed by atoms with van der Waals surface area (Å²) < 4.78 is 11.1. The van der Waals surface area contributed by atoms with E-state index in [0.29, 0.717) is 42.0 Å². The minimum atomic E-state index is -0.221. The number of carbonyl (C=O) groups excluding carboxylic acids is 1. The summed E-state index contributed by atoms with van der Waals surface area (Å²) in [6.45, 7) is 3.00. The van der Waals surface area contributed by atoms with Crippen molar-refractivity contribution < 1.29 is 14.1 Å². The van der Waals surface area contributed by atoms with Gasteiger partial charge in [0.15, 0.2) is 12.4 Å². The highest BCUT2D eigenvalue weighted by Crippen LogP contribution is 2.49. The van der Waals surface area contributed by atoms with Crippen molar-refractivity contribution in [3.8, 4) is 11.8 Å². The highest BCUT2D eigenvalue weighted by atomic mass is 16.5. The van der Waals surface area contributed by atoms with Gasteiger partial charge in [-0.2, -0.15) is 10.2 Å². The molecule has 2 aromatic rings. The van der Waals surface area contributed by atoms with Crippen LogP contribution in [-0.4, -0.2) is 40.6 Å². The molecule has 0 N–H and O–H groups in total. The predicted molar refractivity (Wildman–Crippen MR) is 91.3 cm³/mol. The van der Waals surface area contributed by atoms with Crippen LogP contribution < -0.4 is 4.74 Å². The fourth-order valence-electron chi connectivity index (χ4n) is 4.24. The van der Waals surface area contributed by atoms with E-state index in [1.165, 1.54) is 0 Å². The molecule has 134 valence electrons. The smallest absolute Gasteiger partial charge is 0.260 e. The maximum atomic E-state index is 12.7. The third-order valence-corrected chi connectivity index (χ3v) is 5.54. The maximum Gasteiger partial charge on any atom is 0.260 e. The number of amides is 1. The van der Waals surface area contributed by atoms with Gasteiger partial charge in [0.05, 0.1) is 11.0 Å². The molecule has 1 aromatic carbocycles. The van der Waals surface area contributed by atoms with Gasteiger partial charge in [-0.15, -0.1) is 0 Å². The van der Waals surface area contributed by atoms with Gasteiger partial charge in [0.1, 0.15) is 11.8 Å². The quantitative estimate of drug-likeness (QED) is 0.838. The summed E-state index contributed by atoms with van der Waals surface area (Å²) in [5.41, 5.74) is 0.206. The van der Waals surface area contributed by atoms with E-state index in [1.807, 2.05) is 11.8 Å². The van der Waals surface area contributed by atoms with Crippen LogP contribution in [0.4, 0.5) is 0 Å². The minimum absolute atomic E-state index is 0.0790. The number of carbonyl (C=O) groups is 1. The van der Waals surface area contributed by atoms with Crippen LogP contribution >= 0.6 is 0 Å². The van der Waals surface area contributed by atoms with Crippen molar-refractivity contribution in [2.75, 3.05) is 19.7 Å². The van der Waals surface area contributed by atoms with Crippen molar-refractivity contribution >= 4 is 5.91 Å². The van der Waals surface area contributed by atoms with Gasteiger partial charge >= 0.3 is 0 Å². The second-order valence-corrected chi connectivity index (χ2v) is 7.06. The lowest BCUT2D eigenvalue weighted by molar-refractivity contribution is -0.132. The van der Waals surface area contributed by atoms with Gasteiger partial charge in [0, 0.05) is 13.1 Å². The lowest BCUT2D eigenvalue weighted by Crippen LogP contribution is -2.37. The summed E-state index contributed by atoms with van der Waals surface area (Å²) in [5.74, 6) is 1.98. The molecule has 2 aliphatic rings. The molecular weight excluding hydrogens is 332 g/mol. The average Bonchev–Trinajstić information content (AvgIpc) is 3.33. The number of rotatable bonds is 4. The zero-order valence-corrected chi connectivity index (χ0v) is 14.6. The molecule has 2 atom stereocenters. The molecule has 1 saturated carbocycles. The van der Waals surface area contributed by atoms with Crippen LogP contribution in [0.5, 0.6) is 5.75 Å². The van der Waals surface area contributed by atoms with E-state index in [0.717, 1.165) is 19.3 Å². The summed E-state index contributed by atoms with van der Waals surface area (Å²) in [5, 5.41) is 13.1. The number of ether oxygens (including phenoxy) is 1. The van der Waals surface area contributed by atoms with E-state index >= 15 is 0 Å². The Kier molecular flexibility index (Phi) is 4.11. The van der Waals surface area contributed by atoms with Crippen molar-refractivity contribution in [3.05, 3.63) is 41.5 Å². The Morgan fingerprint density at radius 3 is 3.12 bits per heavy atom. The van der Waals surface area contributed by atoms with Gasteiger partial charge in [0.25, 0.3) is 5.91 Å². The SMILES string of the molecule is Cc1noc([C@]23CCC[C@H]2CN(C(=O)COc2ccccc2C#N)C3)n1. The average molecular weight is 352 g/mol. The molecule has 7 nitrogen and oxygen atoms in total. The Labute approximate surface area is 151 Å². The first-order valence-corrected chi connectivity index (χ1v) is 8.83.